The Bertz CT molecular complexity index is 462. The average molecular weight is 276 g/mol. The first-order valence-electron chi connectivity index (χ1n) is 7.37. The van der Waals surface area contributed by atoms with Crippen LogP contribution in [0.25, 0.3) is 0 Å². The fourth-order valence-corrected chi connectivity index (χ4v) is 2.88. The van der Waals surface area contributed by atoms with Crippen LogP contribution in [0.4, 0.5) is 0 Å². The Morgan fingerprint density at radius 1 is 1.40 bits per heavy atom. The predicted octanol–water partition coefficient (Wildman–Crippen LogP) is 2.49. The highest BCUT2D eigenvalue weighted by Crippen LogP contribution is 2.36. The van der Waals surface area contributed by atoms with Crippen LogP contribution in [0.2, 0.25) is 0 Å². The molecule has 4 nitrogen and oxygen atoms in total. The van der Waals surface area contributed by atoms with Crippen LogP contribution in [0.5, 0.6) is 5.75 Å². The molecular formula is C16H24N2O2. The number of hydrogen-bond donors (Lipinski definition) is 1. The summed E-state index contributed by atoms with van der Waals surface area (Å²) in [6.45, 7) is 2.90. The number of likely N-dealkylation sites (tertiary alicyclic amines) is 1. The third kappa shape index (κ3) is 2.96. The Morgan fingerprint density at radius 2 is 2.15 bits per heavy atom. The maximum Gasteiger partial charge on any atom is 0.223 e. The second-order valence-electron chi connectivity index (χ2n) is 5.33. The Kier molecular flexibility index (Phi) is 5.01. The number of unbranched alkanes of at least 4 members (excludes halogenated alkanes) is 1. The minimum absolute atomic E-state index is 0.0270. The first-order chi connectivity index (χ1) is 9.69. The molecule has 1 amide bonds. The van der Waals surface area contributed by atoms with Gasteiger partial charge in [0.15, 0.2) is 0 Å². The van der Waals surface area contributed by atoms with Gasteiger partial charge in [0.1, 0.15) is 5.75 Å². The van der Waals surface area contributed by atoms with E-state index in [0.29, 0.717) is 6.42 Å². The van der Waals surface area contributed by atoms with Crippen LogP contribution in [-0.2, 0) is 4.79 Å². The van der Waals surface area contributed by atoms with E-state index >= 15 is 0 Å². The molecule has 0 aromatic heterocycles. The van der Waals surface area contributed by atoms with Crippen LogP contribution < -0.4 is 10.5 Å². The molecule has 1 aliphatic rings. The third-order valence-electron chi connectivity index (χ3n) is 3.96. The standard InChI is InChI=1S/C16H24N2O2/c1-3-4-11-18-15(19)10-9-13(17)16(18)12-7-5-6-8-14(12)20-2/h5-8,13,16H,3-4,9-11,17H2,1-2H3. The number of nitrogens with zero attached hydrogens (tertiary/aromatic N) is 1. The Morgan fingerprint density at radius 3 is 2.85 bits per heavy atom. The molecule has 1 aromatic rings. The molecule has 110 valence electrons. The highest BCUT2D eigenvalue weighted by molar-refractivity contribution is 5.78. The molecule has 20 heavy (non-hydrogen) atoms. The van der Waals surface area contributed by atoms with Crippen LogP contribution >= 0.6 is 0 Å². The van der Waals surface area contributed by atoms with E-state index in [2.05, 4.69) is 6.92 Å². The van der Waals surface area contributed by atoms with Crippen molar-refractivity contribution in [1.82, 2.24) is 4.90 Å². The summed E-state index contributed by atoms with van der Waals surface area (Å²) in [7, 11) is 1.66. The normalized spacial score (nSPS) is 22.9. The number of methoxy groups -OCH3 is 1. The fourth-order valence-electron chi connectivity index (χ4n) is 2.88. The minimum Gasteiger partial charge on any atom is -0.496 e. The third-order valence-corrected chi connectivity index (χ3v) is 3.96. The van der Waals surface area contributed by atoms with Crippen molar-refractivity contribution in [3.63, 3.8) is 0 Å². The van der Waals surface area contributed by atoms with Gasteiger partial charge in [-0.2, -0.15) is 0 Å². The molecule has 2 rings (SSSR count). The Labute approximate surface area is 120 Å². The zero-order valence-electron chi connectivity index (χ0n) is 12.3. The Hall–Kier alpha value is -1.55. The molecule has 0 bridgehead atoms. The number of ether oxygens (including phenoxy) is 1. The van der Waals surface area contributed by atoms with Gasteiger partial charge in [-0.3, -0.25) is 4.79 Å². The first kappa shape index (κ1) is 14.9. The van der Waals surface area contributed by atoms with E-state index in [1.807, 2.05) is 29.2 Å². The molecule has 2 atom stereocenters. The van der Waals surface area contributed by atoms with Gasteiger partial charge in [0, 0.05) is 24.6 Å². The molecule has 0 saturated carbocycles. The topological polar surface area (TPSA) is 55.6 Å². The van der Waals surface area contributed by atoms with E-state index in [1.165, 1.54) is 0 Å². The number of hydrogen-bond acceptors (Lipinski definition) is 3. The van der Waals surface area contributed by atoms with E-state index < -0.39 is 0 Å². The number of carbonyl (C=O) groups is 1. The van der Waals surface area contributed by atoms with Crippen LogP contribution in [0, 0.1) is 0 Å². The largest absolute Gasteiger partial charge is 0.496 e. The smallest absolute Gasteiger partial charge is 0.223 e. The summed E-state index contributed by atoms with van der Waals surface area (Å²) in [5.41, 5.74) is 7.33. The molecule has 1 heterocycles. The summed E-state index contributed by atoms with van der Waals surface area (Å²) in [6.07, 6.45) is 3.36. The number of carbonyl (C=O) groups excluding carboxylic acids is 1. The van der Waals surface area contributed by atoms with Crippen molar-refractivity contribution in [2.24, 2.45) is 5.73 Å². The first-order valence-corrected chi connectivity index (χ1v) is 7.37. The fraction of sp³-hybridized carbons (Fsp3) is 0.562. The van der Waals surface area contributed by atoms with E-state index in [0.717, 1.165) is 37.1 Å². The zero-order chi connectivity index (χ0) is 14.5. The van der Waals surface area contributed by atoms with E-state index in [1.54, 1.807) is 7.11 Å². The van der Waals surface area contributed by atoms with Gasteiger partial charge in [0.05, 0.1) is 13.2 Å². The van der Waals surface area contributed by atoms with Crippen molar-refractivity contribution < 1.29 is 9.53 Å². The van der Waals surface area contributed by atoms with Crippen molar-refractivity contribution >= 4 is 5.91 Å². The lowest BCUT2D eigenvalue weighted by molar-refractivity contribution is -0.137. The number of rotatable bonds is 5. The summed E-state index contributed by atoms with van der Waals surface area (Å²) in [5.74, 6) is 1.01. The predicted molar refractivity (Wildman–Crippen MR) is 79.6 cm³/mol. The summed E-state index contributed by atoms with van der Waals surface area (Å²) in [4.78, 5) is 14.2. The maximum absolute atomic E-state index is 12.3. The van der Waals surface area contributed by atoms with E-state index in [9.17, 15) is 4.79 Å². The summed E-state index contributed by atoms with van der Waals surface area (Å²) < 4.78 is 5.44. The number of para-hydroxylation sites is 1. The second kappa shape index (κ2) is 6.75. The molecular weight excluding hydrogens is 252 g/mol. The van der Waals surface area contributed by atoms with Gasteiger partial charge < -0.3 is 15.4 Å². The molecule has 0 radical (unpaired) electrons. The van der Waals surface area contributed by atoms with Gasteiger partial charge in [0.2, 0.25) is 5.91 Å². The zero-order valence-corrected chi connectivity index (χ0v) is 12.3. The van der Waals surface area contributed by atoms with Gasteiger partial charge in [-0.05, 0) is 18.9 Å². The van der Waals surface area contributed by atoms with E-state index in [-0.39, 0.29) is 18.0 Å². The molecule has 2 N–H and O–H groups in total. The quantitative estimate of drug-likeness (QED) is 0.899. The summed E-state index contributed by atoms with van der Waals surface area (Å²) in [5, 5.41) is 0. The van der Waals surface area contributed by atoms with Crippen molar-refractivity contribution in [3.05, 3.63) is 29.8 Å². The SMILES string of the molecule is CCCCN1C(=O)CCC(N)C1c1ccccc1OC. The van der Waals surface area contributed by atoms with Crippen molar-refractivity contribution in [2.45, 2.75) is 44.7 Å². The van der Waals surface area contributed by atoms with Crippen LogP contribution in [0.3, 0.4) is 0 Å². The number of piperidine rings is 1. The monoisotopic (exact) mass is 276 g/mol. The molecule has 1 aromatic carbocycles. The van der Waals surface area contributed by atoms with Crippen molar-refractivity contribution in [2.75, 3.05) is 13.7 Å². The van der Waals surface area contributed by atoms with Gasteiger partial charge >= 0.3 is 0 Å². The van der Waals surface area contributed by atoms with Crippen LogP contribution in [-0.4, -0.2) is 30.5 Å². The average Bonchev–Trinajstić information content (AvgIpc) is 2.48. The van der Waals surface area contributed by atoms with Gasteiger partial charge in [-0.15, -0.1) is 0 Å². The van der Waals surface area contributed by atoms with Crippen molar-refractivity contribution in [3.8, 4) is 5.75 Å². The summed E-state index contributed by atoms with van der Waals surface area (Å²) >= 11 is 0. The molecule has 0 aliphatic carbocycles. The number of nitrogens with two attached hydrogens (primary N) is 1. The highest BCUT2D eigenvalue weighted by atomic mass is 16.5. The highest BCUT2D eigenvalue weighted by Gasteiger charge is 2.35. The lowest BCUT2D eigenvalue weighted by Gasteiger charge is -2.40. The molecule has 0 spiro atoms. The molecule has 2 unspecified atom stereocenters. The Balaban J connectivity index is 2.34. The second-order valence-corrected chi connectivity index (χ2v) is 5.33. The molecule has 1 saturated heterocycles. The lowest BCUT2D eigenvalue weighted by Crippen LogP contribution is -2.49. The van der Waals surface area contributed by atoms with Gasteiger partial charge in [-0.25, -0.2) is 0 Å². The van der Waals surface area contributed by atoms with Gasteiger partial charge in [-0.1, -0.05) is 31.5 Å². The molecule has 4 heteroatoms. The summed E-state index contributed by atoms with van der Waals surface area (Å²) in [6, 6.07) is 7.76. The van der Waals surface area contributed by atoms with E-state index in [4.69, 9.17) is 10.5 Å². The maximum atomic E-state index is 12.3. The van der Waals surface area contributed by atoms with Gasteiger partial charge in [0.25, 0.3) is 0 Å². The minimum atomic E-state index is -0.0704. The molecule has 1 fully saturated rings. The molecule has 1 aliphatic heterocycles. The van der Waals surface area contributed by atoms with Crippen LogP contribution in [0.15, 0.2) is 24.3 Å². The number of benzene rings is 1. The number of amides is 1. The van der Waals surface area contributed by atoms with Crippen molar-refractivity contribution in [1.29, 1.82) is 0 Å². The van der Waals surface area contributed by atoms with Crippen LogP contribution in [0.1, 0.15) is 44.2 Å². The lowest BCUT2D eigenvalue weighted by atomic mass is 9.89.